The lowest BCUT2D eigenvalue weighted by molar-refractivity contribution is -0.00808. The summed E-state index contributed by atoms with van der Waals surface area (Å²) >= 11 is 0. The van der Waals surface area contributed by atoms with E-state index in [9.17, 15) is 0 Å². The van der Waals surface area contributed by atoms with E-state index >= 15 is 0 Å². The Bertz CT molecular complexity index is 738. The fourth-order valence-corrected chi connectivity index (χ4v) is 3.27. The molecule has 0 saturated carbocycles. The summed E-state index contributed by atoms with van der Waals surface area (Å²) < 4.78 is 7.75. The lowest BCUT2D eigenvalue weighted by Crippen LogP contribution is -2.50. The molecule has 1 N–H and O–H groups in total. The maximum Gasteiger partial charge on any atom is 0.193 e. The van der Waals surface area contributed by atoms with Gasteiger partial charge in [0.2, 0.25) is 0 Å². The first-order chi connectivity index (χ1) is 12.5. The molecule has 6 heteroatoms. The molecule has 0 amide bonds. The second kappa shape index (κ2) is 7.91. The SMILES string of the molecule is CN=C(NCC(C)(C)c1ccccc1)N1CCOC(c2cnn(C)c2)C1. The van der Waals surface area contributed by atoms with Crippen LogP contribution in [0.2, 0.25) is 0 Å². The number of benzene rings is 1. The molecule has 1 aromatic carbocycles. The molecular formula is C20H29N5O. The van der Waals surface area contributed by atoms with Gasteiger partial charge in [0, 0.05) is 44.4 Å². The molecule has 0 spiro atoms. The Morgan fingerprint density at radius 3 is 2.77 bits per heavy atom. The maximum absolute atomic E-state index is 5.94. The lowest BCUT2D eigenvalue weighted by atomic mass is 9.85. The van der Waals surface area contributed by atoms with Crippen molar-refractivity contribution in [3.8, 4) is 0 Å². The van der Waals surface area contributed by atoms with E-state index in [1.54, 1.807) is 0 Å². The maximum atomic E-state index is 5.94. The third-order valence-corrected chi connectivity index (χ3v) is 4.92. The van der Waals surface area contributed by atoms with E-state index in [0.29, 0.717) is 6.61 Å². The Kier molecular flexibility index (Phi) is 5.61. The second-order valence-corrected chi connectivity index (χ2v) is 7.40. The molecule has 6 nitrogen and oxygen atoms in total. The zero-order valence-electron chi connectivity index (χ0n) is 16.1. The quantitative estimate of drug-likeness (QED) is 0.676. The third kappa shape index (κ3) is 4.25. The zero-order valence-corrected chi connectivity index (χ0v) is 16.1. The number of aliphatic imine (C=N–C) groups is 1. The molecule has 26 heavy (non-hydrogen) atoms. The predicted octanol–water partition coefficient (Wildman–Crippen LogP) is 2.35. The van der Waals surface area contributed by atoms with Gasteiger partial charge in [-0.05, 0) is 5.56 Å². The van der Waals surface area contributed by atoms with E-state index in [0.717, 1.165) is 31.2 Å². The number of aromatic nitrogens is 2. The number of ether oxygens (including phenoxy) is 1. The summed E-state index contributed by atoms with van der Waals surface area (Å²) in [5, 5.41) is 7.81. The van der Waals surface area contributed by atoms with Gasteiger partial charge in [-0.1, -0.05) is 44.2 Å². The minimum Gasteiger partial charge on any atom is -0.370 e. The van der Waals surface area contributed by atoms with Crippen molar-refractivity contribution in [1.82, 2.24) is 20.0 Å². The van der Waals surface area contributed by atoms with Gasteiger partial charge in [0.1, 0.15) is 6.10 Å². The number of morpholine rings is 1. The van der Waals surface area contributed by atoms with Gasteiger partial charge in [0.05, 0.1) is 19.3 Å². The highest BCUT2D eigenvalue weighted by Gasteiger charge is 2.27. The molecule has 1 saturated heterocycles. The van der Waals surface area contributed by atoms with Crippen LogP contribution in [-0.4, -0.2) is 53.9 Å². The van der Waals surface area contributed by atoms with Gasteiger partial charge in [0.25, 0.3) is 0 Å². The van der Waals surface area contributed by atoms with E-state index in [4.69, 9.17) is 4.74 Å². The summed E-state index contributed by atoms with van der Waals surface area (Å²) in [4.78, 5) is 6.76. The molecule has 2 aromatic rings. The fourth-order valence-electron chi connectivity index (χ4n) is 3.27. The van der Waals surface area contributed by atoms with Crippen molar-refractivity contribution in [2.45, 2.75) is 25.4 Å². The lowest BCUT2D eigenvalue weighted by Gasteiger charge is -2.36. The molecule has 1 unspecified atom stereocenters. The van der Waals surface area contributed by atoms with Crippen molar-refractivity contribution < 1.29 is 4.74 Å². The van der Waals surface area contributed by atoms with Crippen LogP contribution in [0.25, 0.3) is 0 Å². The normalized spacial score (nSPS) is 18.8. The van der Waals surface area contributed by atoms with Gasteiger partial charge >= 0.3 is 0 Å². The van der Waals surface area contributed by atoms with Gasteiger partial charge in [-0.15, -0.1) is 0 Å². The summed E-state index contributed by atoms with van der Waals surface area (Å²) in [6.07, 6.45) is 3.92. The predicted molar refractivity (Wildman–Crippen MR) is 104 cm³/mol. The van der Waals surface area contributed by atoms with E-state index < -0.39 is 0 Å². The number of guanidine groups is 1. The number of nitrogens with zero attached hydrogens (tertiary/aromatic N) is 4. The Morgan fingerprint density at radius 2 is 2.12 bits per heavy atom. The van der Waals surface area contributed by atoms with Gasteiger partial charge < -0.3 is 15.0 Å². The molecule has 3 rings (SSSR count). The average molecular weight is 355 g/mol. The van der Waals surface area contributed by atoms with Gasteiger partial charge in [-0.2, -0.15) is 5.10 Å². The zero-order chi connectivity index (χ0) is 18.6. The number of hydrogen-bond donors (Lipinski definition) is 1. The average Bonchev–Trinajstić information content (AvgIpc) is 3.10. The van der Waals surface area contributed by atoms with Gasteiger partial charge in [-0.25, -0.2) is 0 Å². The van der Waals surface area contributed by atoms with Crippen LogP contribution in [0.15, 0.2) is 47.7 Å². The summed E-state index contributed by atoms with van der Waals surface area (Å²) in [6, 6.07) is 10.6. The van der Waals surface area contributed by atoms with E-state index in [2.05, 4.69) is 64.5 Å². The van der Waals surface area contributed by atoms with Gasteiger partial charge in [0.15, 0.2) is 5.96 Å². The summed E-state index contributed by atoms with van der Waals surface area (Å²) in [5.41, 5.74) is 2.45. The van der Waals surface area contributed by atoms with Crippen LogP contribution in [0.3, 0.4) is 0 Å². The van der Waals surface area contributed by atoms with Crippen LogP contribution in [0.5, 0.6) is 0 Å². The molecule has 2 heterocycles. The van der Waals surface area contributed by atoms with Crippen molar-refractivity contribution in [3.63, 3.8) is 0 Å². The molecule has 1 aliphatic heterocycles. The molecule has 0 radical (unpaired) electrons. The summed E-state index contributed by atoms with van der Waals surface area (Å²) in [6.45, 7) is 7.61. The summed E-state index contributed by atoms with van der Waals surface area (Å²) in [5.74, 6) is 0.922. The minimum absolute atomic E-state index is 0.0201. The van der Waals surface area contributed by atoms with E-state index in [-0.39, 0.29) is 11.5 Å². The number of hydrogen-bond acceptors (Lipinski definition) is 3. The van der Waals surface area contributed by atoms with Gasteiger partial charge in [-0.3, -0.25) is 9.67 Å². The van der Waals surface area contributed by atoms with Crippen molar-refractivity contribution in [2.24, 2.45) is 12.0 Å². The Balaban J connectivity index is 1.63. The van der Waals surface area contributed by atoms with Crippen LogP contribution < -0.4 is 5.32 Å². The minimum atomic E-state index is 0.0201. The Morgan fingerprint density at radius 1 is 1.35 bits per heavy atom. The van der Waals surface area contributed by atoms with Crippen molar-refractivity contribution in [1.29, 1.82) is 0 Å². The first-order valence-corrected chi connectivity index (χ1v) is 9.11. The van der Waals surface area contributed by atoms with Crippen molar-refractivity contribution in [2.75, 3.05) is 33.3 Å². The van der Waals surface area contributed by atoms with Crippen LogP contribution in [0.4, 0.5) is 0 Å². The topological polar surface area (TPSA) is 54.7 Å². The van der Waals surface area contributed by atoms with Crippen molar-refractivity contribution in [3.05, 3.63) is 53.9 Å². The largest absolute Gasteiger partial charge is 0.370 e. The standard InChI is InChI=1S/C20H29N5O/c1-20(2,17-8-6-5-7-9-17)15-22-19(21-3)25-10-11-26-18(14-25)16-12-23-24(4)13-16/h5-9,12-13,18H,10-11,14-15H2,1-4H3,(H,21,22). The first kappa shape index (κ1) is 18.5. The van der Waals surface area contributed by atoms with Crippen LogP contribution in [0.1, 0.15) is 31.1 Å². The highest BCUT2D eigenvalue weighted by Crippen LogP contribution is 2.23. The summed E-state index contributed by atoms with van der Waals surface area (Å²) in [7, 11) is 3.77. The number of rotatable bonds is 4. The Labute approximate surface area is 155 Å². The van der Waals surface area contributed by atoms with Crippen LogP contribution in [-0.2, 0) is 17.2 Å². The van der Waals surface area contributed by atoms with Crippen molar-refractivity contribution >= 4 is 5.96 Å². The number of aryl methyl sites for hydroxylation is 1. The highest BCUT2D eigenvalue weighted by molar-refractivity contribution is 5.80. The fraction of sp³-hybridized carbons (Fsp3) is 0.500. The molecule has 1 atom stereocenters. The molecular weight excluding hydrogens is 326 g/mol. The molecule has 0 bridgehead atoms. The Hall–Kier alpha value is -2.34. The first-order valence-electron chi connectivity index (χ1n) is 9.11. The highest BCUT2D eigenvalue weighted by atomic mass is 16.5. The van der Waals surface area contributed by atoms with Crippen LogP contribution >= 0.6 is 0 Å². The molecule has 0 aliphatic carbocycles. The second-order valence-electron chi connectivity index (χ2n) is 7.40. The van der Waals surface area contributed by atoms with E-state index in [1.165, 1.54) is 5.56 Å². The number of nitrogens with one attached hydrogen (secondary N) is 1. The smallest absolute Gasteiger partial charge is 0.193 e. The molecule has 1 aliphatic rings. The molecule has 1 fully saturated rings. The molecule has 140 valence electrons. The molecule has 1 aromatic heterocycles. The van der Waals surface area contributed by atoms with Crippen LogP contribution in [0, 0.1) is 0 Å². The third-order valence-electron chi connectivity index (χ3n) is 4.92. The van der Waals surface area contributed by atoms with E-state index in [1.807, 2.05) is 31.2 Å². The monoisotopic (exact) mass is 355 g/mol.